The molecule has 0 aromatic heterocycles. The number of ether oxygens (including phenoxy) is 1. The maximum atomic E-state index is 11.3. The normalized spacial score (nSPS) is 16.4. The van der Waals surface area contributed by atoms with Crippen LogP contribution in [0.5, 0.6) is 0 Å². The third kappa shape index (κ3) is 6.26. The minimum absolute atomic E-state index is 0.109. The van der Waals surface area contributed by atoms with Crippen molar-refractivity contribution in [1.29, 1.82) is 0 Å². The lowest BCUT2D eigenvalue weighted by Crippen LogP contribution is -2.36. The van der Waals surface area contributed by atoms with Crippen LogP contribution in [-0.2, 0) is 14.3 Å². The lowest BCUT2D eigenvalue weighted by atomic mass is 10.2. The Kier molecular flexibility index (Phi) is 5.97. The molecule has 0 aromatic rings. The maximum Gasteiger partial charge on any atom is 0.322 e. The third-order valence-corrected chi connectivity index (χ3v) is 2.61. The average Bonchev–Trinajstić information content (AvgIpc) is 3.08. The Hall–Kier alpha value is -1.10. The first-order valence-electron chi connectivity index (χ1n) is 6.33. The Morgan fingerprint density at radius 2 is 2.12 bits per heavy atom. The van der Waals surface area contributed by atoms with Gasteiger partial charge in [-0.1, -0.05) is 0 Å². The Balaban J connectivity index is 1.98. The summed E-state index contributed by atoms with van der Waals surface area (Å²) in [7, 11) is 0. The number of hydrogen-bond donors (Lipinski definition) is 2. The van der Waals surface area contributed by atoms with Crippen LogP contribution in [0.4, 0.5) is 0 Å². The van der Waals surface area contributed by atoms with E-state index in [4.69, 9.17) is 4.74 Å². The molecule has 0 saturated heterocycles. The van der Waals surface area contributed by atoms with Crippen molar-refractivity contribution in [3.8, 4) is 0 Å². The Morgan fingerprint density at radius 1 is 1.41 bits per heavy atom. The molecule has 0 heterocycles. The Labute approximate surface area is 102 Å². The zero-order chi connectivity index (χ0) is 12.7. The van der Waals surface area contributed by atoms with Crippen LogP contribution in [0.15, 0.2) is 0 Å². The van der Waals surface area contributed by atoms with Crippen molar-refractivity contribution < 1.29 is 14.3 Å². The van der Waals surface area contributed by atoms with E-state index >= 15 is 0 Å². The number of esters is 1. The fraction of sp³-hybridized carbons (Fsp3) is 0.833. The van der Waals surface area contributed by atoms with Crippen molar-refractivity contribution in [3.63, 3.8) is 0 Å². The van der Waals surface area contributed by atoms with Crippen molar-refractivity contribution in [1.82, 2.24) is 10.6 Å². The molecule has 1 aliphatic carbocycles. The lowest BCUT2D eigenvalue weighted by molar-refractivity contribution is -0.145. The largest absolute Gasteiger partial charge is 0.465 e. The van der Waals surface area contributed by atoms with Gasteiger partial charge in [-0.15, -0.1) is 0 Å². The Bertz CT molecular complexity index is 264. The number of amides is 1. The Morgan fingerprint density at radius 3 is 2.71 bits per heavy atom. The van der Waals surface area contributed by atoms with Crippen molar-refractivity contribution >= 4 is 11.9 Å². The summed E-state index contributed by atoms with van der Waals surface area (Å²) in [6, 6.07) is 0.121. The van der Waals surface area contributed by atoms with Gasteiger partial charge in [-0.25, -0.2) is 0 Å². The van der Waals surface area contributed by atoms with Crippen molar-refractivity contribution in [3.05, 3.63) is 0 Å². The van der Waals surface area contributed by atoms with Crippen molar-refractivity contribution in [2.24, 2.45) is 0 Å². The molecule has 0 bridgehead atoms. The van der Waals surface area contributed by atoms with Crippen LogP contribution in [0.25, 0.3) is 0 Å². The molecule has 98 valence electrons. The molecule has 1 aliphatic rings. The predicted octanol–water partition coefficient (Wildman–Crippen LogP) is 0.586. The minimum atomic E-state index is -0.304. The summed E-state index contributed by atoms with van der Waals surface area (Å²) in [6.07, 6.45) is 3.48. The van der Waals surface area contributed by atoms with E-state index in [1.54, 1.807) is 13.8 Å². The first kappa shape index (κ1) is 14.0. The highest BCUT2D eigenvalue weighted by Gasteiger charge is 2.22. The molecule has 5 nitrogen and oxygen atoms in total. The van der Waals surface area contributed by atoms with Gasteiger partial charge in [-0.3, -0.25) is 9.59 Å². The number of nitrogens with one attached hydrogen (secondary N) is 2. The van der Waals surface area contributed by atoms with Crippen LogP contribution in [0.1, 0.15) is 39.5 Å². The second-order valence-electron chi connectivity index (χ2n) is 4.37. The van der Waals surface area contributed by atoms with Gasteiger partial charge in [0.25, 0.3) is 0 Å². The highest BCUT2D eigenvalue weighted by atomic mass is 16.5. The summed E-state index contributed by atoms with van der Waals surface area (Å²) >= 11 is 0. The van der Waals surface area contributed by atoms with Gasteiger partial charge < -0.3 is 15.4 Å². The summed E-state index contributed by atoms with van der Waals surface area (Å²) in [5.74, 6) is -0.131. The number of rotatable bonds is 8. The molecule has 5 heteroatoms. The van der Waals surface area contributed by atoms with Crippen LogP contribution < -0.4 is 10.6 Å². The summed E-state index contributed by atoms with van der Waals surface area (Å²) in [6.45, 7) is 4.60. The summed E-state index contributed by atoms with van der Waals surface area (Å²) in [5.41, 5.74) is 0. The van der Waals surface area contributed by atoms with Crippen LogP contribution in [0.3, 0.4) is 0 Å². The zero-order valence-corrected chi connectivity index (χ0v) is 10.6. The molecule has 1 rings (SSSR count). The van der Waals surface area contributed by atoms with Gasteiger partial charge in [-0.05, 0) is 39.7 Å². The average molecular weight is 242 g/mol. The van der Waals surface area contributed by atoms with E-state index in [-0.39, 0.29) is 17.9 Å². The van der Waals surface area contributed by atoms with Gasteiger partial charge in [-0.2, -0.15) is 0 Å². The van der Waals surface area contributed by atoms with E-state index in [0.717, 1.165) is 19.3 Å². The summed E-state index contributed by atoms with van der Waals surface area (Å²) in [5, 5.41) is 5.96. The highest BCUT2D eigenvalue weighted by Crippen LogP contribution is 2.18. The quantitative estimate of drug-likeness (QED) is 0.483. The summed E-state index contributed by atoms with van der Waals surface area (Å²) < 4.78 is 4.86. The van der Waals surface area contributed by atoms with E-state index in [2.05, 4.69) is 10.6 Å². The van der Waals surface area contributed by atoms with E-state index < -0.39 is 0 Å². The van der Waals surface area contributed by atoms with Gasteiger partial charge in [0.05, 0.1) is 6.61 Å². The molecule has 1 saturated carbocycles. The van der Waals surface area contributed by atoms with E-state index in [1.807, 2.05) is 0 Å². The minimum Gasteiger partial charge on any atom is -0.465 e. The molecular formula is C12H22N2O3. The molecule has 1 amide bonds. The zero-order valence-electron chi connectivity index (χ0n) is 10.6. The third-order valence-electron chi connectivity index (χ3n) is 2.61. The molecular weight excluding hydrogens is 220 g/mol. The first-order chi connectivity index (χ1) is 8.13. The highest BCUT2D eigenvalue weighted by molar-refractivity contribution is 5.76. The second kappa shape index (κ2) is 7.27. The number of hydrogen-bond acceptors (Lipinski definition) is 4. The topological polar surface area (TPSA) is 67.4 Å². The van der Waals surface area contributed by atoms with Crippen molar-refractivity contribution in [2.45, 2.75) is 51.6 Å². The van der Waals surface area contributed by atoms with Gasteiger partial charge in [0.2, 0.25) is 5.91 Å². The smallest absolute Gasteiger partial charge is 0.322 e. The lowest BCUT2D eigenvalue weighted by Gasteiger charge is -2.12. The predicted molar refractivity (Wildman–Crippen MR) is 64.5 cm³/mol. The van der Waals surface area contributed by atoms with E-state index in [1.165, 1.54) is 0 Å². The van der Waals surface area contributed by atoms with Crippen LogP contribution >= 0.6 is 0 Å². The SMILES string of the molecule is CCOC(=O)C(C)NCCCC(=O)NC1CC1. The maximum absolute atomic E-state index is 11.3. The molecule has 1 fully saturated rings. The molecule has 17 heavy (non-hydrogen) atoms. The monoisotopic (exact) mass is 242 g/mol. The second-order valence-corrected chi connectivity index (χ2v) is 4.37. The van der Waals surface area contributed by atoms with Gasteiger partial charge >= 0.3 is 5.97 Å². The van der Waals surface area contributed by atoms with Crippen LogP contribution in [-0.4, -0.2) is 37.1 Å². The molecule has 1 atom stereocenters. The van der Waals surface area contributed by atoms with Gasteiger partial charge in [0, 0.05) is 12.5 Å². The first-order valence-corrected chi connectivity index (χ1v) is 6.33. The van der Waals surface area contributed by atoms with E-state index in [9.17, 15) is 9.59 Å². The molecule has 0 radical (unpaired) electrons. The fourth-order valence-electron chi connectivity index (χ4n) is 1.45. The number of carbonyl (C=O) groups is 2. The molecule has 0 spiro atoms. The standard InChI is InChI=1S/C12H22N2O3/c1-3-17-12(16)9(2)13-8-4-5-11(15)14-10-6-7-10/h9-10,13H,3-8H2,1-2H3,(H,14,15). The molecule has 0 aromatic carbocycles. The molecule has 1 unspecified atom stereocenters. The van der Waals surface area contributed by atoms with Gasteiger partial charge in [0.15, 0.2) is 0 Å². The van der Waals surface area contributed by atoms with Gasteiger partial charge in [0.1, 0.15) is 6.04 Å². The van der Waals surface area contributed by atoms with E-state index in [0.29, 0.717) is 25.6 Å². The summed E-state index contributed by atoms with van der Waals surface area (Å²) in [4.78, 5) is 22.6. The molecule has 2 N–H and O–H groups in total. The van der Waals surface area contributed by atoms with Crippen LogP contribution in [0, 0.1) is 0 Å². The van der Waals surface area contributed by atoms with Crippen molar-refractivity contribution in [2.75, 3.05) is 13.2 Å². The molecule has 0 aliphatic heterocycles. The number of carbonyl (C=O) groups excluding carboxylic acids is 2. The fourth-order valence-corrected chi connectivity index (χ4v) is 1.45. The van der Waals surface area contributed by atoms with Crippen LogP contribution in [0.2, 0.25) is 0 Å².